The highest BCUT2D eigenvalue weighted by Gasteiger charge is 2.08. The molecule has 0 radical (unpaired) electrons. The highest BCUT2D eigenvalue weighted by molar-refractivity contribution is 5.97. The zero-order valence-corrected chi connectivity index (χ0v) is 13.7. The van der Waals surface area contributed by atoms with Crippen molar-refractivity contribution in [3.05, 3.63) is 65.6 Å². The molecular formula is C20H20FNO2. The number of halogens is 1. The number of hydrogen-bond donors (Lipinski definition) is 0. The predicted molar refractivity (Wildman–Crippen MR) is 93.2 cm³/mol. The summed E-state index contributed by atoms with van der Waals surface area (Å²) in [6.45, 7) is 3.42. The molecule has 0 saturated carbocycles. The minimum absolute atomic E-state index is 0.331. The van der Waals surface area contributed by atoms with Crippen molar-refractivity contribution in [2.75, 3.05) is 6.61 Å². The van der Waals surface area contributed by atoms with Gasteiger partial charge in [-0.1, -0.05) is 19.1 Å². The second-order valence-corrected chi connectivity index (χ2v) is 5.76. The molecule has 0 saturated heterocycles. The van der Waals surface area contributed by atoms with E-state index in [1.165, 1.54) is 17.7 Å². The average molecular weight is 325 g/mol. The lowest BCUT2D eigenvalue weighted by Crippen LogP contribution is -2.03. The van der Waals surface area contributed by atoms with Gasteiger partial charge in [-0.15, -0.1) is 0 Å². The number of ether oxygens (including phenoxy) is 1. The van der Waals surface area contributed by atoms with Crippen molar-refractivity contribution in [3.8, 4) is 5.75 Å². The maximum absolute atomic E-state index is 13.4. The lowest BCUT2D eigenvalue weighted by atomic mass is 10.2. The van der Waals surface area contributed by atoms with Crippen LogP contribution in [-0.2, 0) is 13.0 Å². The summed E-state index contributed by atoms with van der Waals surface area (Å²) in [6, 6.07) is 12.6. The molecule has 124 valence electrons. The van der Waals surface area contributed by atoms with Gasteiger partial charge in [-0.25, -0.2) is 4.39 Å². The fourth-order valence-corrected chi connectivity index (χ4v) is 2.82. The second-order valence-electron chi connectivity index (χ2n) is 5.76. The molecule has 0 aliphatic carbocycles. The number of fused-ring (bicyclic) bond motifs is 1. The third-order valence-electron chi connectivity index (χ3n) is 4.14. The van der Waals surface area contributed by atoms with Crippen molar-refractivity contribution in [1.29, 1.82) is 0 Å². The number of hydrogen-bond acceptors (Lipinski definition) is 2. The number of carbonyl (C=O) groups is 1. The molecule has 0 unspecified atom stereocenters. The van der Waals surface area contributed by atoms with Crippen LogP contribution < -0.4 is 4.74 Å². The molecular weight excluding hydrogens is 305 g/mol. The first-order valence-electron chi connectivity index (χ1n) is 8.16. The highest BCUT2D eigenvalue weighted by atomic mass is 19.1. The first-order chi connectivity index (χ1) is 11.7. The normalized spacial score (nSPS) is 10.9. The van der Waals surface area contributed by atoms with Gasteiger partial charge in [0.1, 0.15) is 11.6 Å². The van der Waals surface area contributed by atoms with Crippen LogP contribution in [0.25, 0.3) is 10.9 Å². The topological polar surface area (TPSA) is 31.2 Å². The number of aldehydes is 1. The fraction of sp³-hybridized carbons (Fsp3) is 0.250. The summed E-state index contributed by atoms with van der Waals surface area (Å²) in [5.74, 6) is 0.530. The summed E-state index contributed by atoms with van der Waals surface area (Å²) in [5, 5.41) is 0.654. The summed E-state index contributed by atoms with van der Waals surface area (Å²) in [7, 11) is 0. The molecule has 0 bridgehead atoms. The van der Waals surface area contributed by atoms with Crippen molar-refractivity contribution in [3.63, 3.8) is 0 Å². The SMILES string of the molecule is CCc1ccc(OCCCn2cc(C=O)c3cc(F)ccc32)cc1. The van der Waals surface area contributed by atoms with Crippen molar-refractivity contribution >= 4 is 17.2 Å². The number of aryl methyl sites for hydroxylation is 2. The molecule has 3 aromatic rings. The van der Waals surface area contributed by atoms with Gasteiger partial charge in [0.15, 0.2) is 6.29 Å². The fourth-order valence-electron chi connectivity index (χ4n) is 2.82. The summed E-state index contributed by atoms with van der Waals surface area (Å²) in [5.41, 5.74) is 2.67. The van der Waals surface area contributed by atoms with Gasteiger partial charge in [0.05, 0.1) is 6.61 Å². The second kappa shape index (κ2) is 7.30. The van der Waals surface area contributed by atoms with Gasteiger partial charge >= 0.3 is 0 Å². The van der Waals surface area contributed by atoms with Crippen LogP contribution in [-0.4, -0.2) is 17.5 Å². The number of benzene rings is 2. The molecule has 0 spiro atoms. The molecule has 2 aromatic carbocycles. The average Bonchev–Trinajstić information content (AvgIpc) is 2.96. The van der Waals surface area contributed by atoms with Crippen molar-refractivity contribution in [2.24, 2.45) is 0 Å². The number of aromatic nitrogens is 1. The Morgan fingerprint density at radius 3 is 2.67 bits per heavy atom. The maximum Gasteiger partial charge on any atom is 0.152 e. The molecule has 0 atom stereocenters. The Balaban J connectivity index is 1.62. The van der Waals surface area contributed by atoms with Gasteiger partial charge in [0.2, 0.25) is 0 Å². The summed E-state index contributed by atoms with van der Waals surface area (Å²) < 4.78 is 21.1. The van der Waals surface area contributed by atoms with Crippen LogP contribution in [0.1, 0.15) is 29.3 Å². The highest BCUT2D eigenvalue weighted by Crippen LogP contribution is 2.22. The first-order valence-corrected chi connectivity index (χ1v) is 8.16. The van der Waals surface area contributed by atoms with E-state index in [9.17, 15) is 9.18 Å². The molecule has 3 nitrogen and oxygen atoms in total. The molecule has 4 heteroatoms. The quantitative estimate of drug-likeness (QED) is 0.469. The van der Waals surface area contributed by atoms with Gasteiger partial charge < -0.3 is 9.30 Å². The van der Waals surface area contributed by atoms with E-state index in [1.54, 1.807) is 12.3 Å². The van der Waals surface area contributed by atoms with Gasteiger partial charge in [-0.05, 0) is 48.7 Å². The zero-order valence-electron chi connectivity index (χ0n) is 13.7. The molecule has 0 fully saturated rings. The lowest BCUT2D eigenvalue weighted by Gasteiger charge is -2.08. The monoisotopic (exact) mass is 325 g/mol. The Morgan fingerprint density at radius 2 is 1.96 bits per heavy atom. The van der Waals surface area contributed by atoms with Crippen molar-refractivity contribution in [1.82, 2.24) is 4.57 Å². The molecule has 0 amide bonds. The van der Waals surface area contributed by atoms with Crippen LogP contribution in [0.3, 0.4) is 0 Å². The molecule has 24 heavy (non-hydrogen) atoms. The Morgan fingerprint density at radius 1 is 1.17 bits per heavy atom. The molecule has 0 aliphatic rings. The van der Waals surface area contributed by atoms with E-state index in [0.717, 1.165) is 30.4 Å². The standard InChI is InChI=1S/C20H20FNO2/c1-2-15-4-7-18(8-5-15)24-11-3-10-22-13-16(14-23)19-12-17(21)6-9-20(19)22/h4-9,12-14H,2-3,10-11H2,1H3. The van der Waals surface area contributed by atoms with E-state index < -0.39 is 0 Å². The molecule has 3 rings (SSSR count). The zero-order chi connectivity index (χ0) is 16.9. The van der Waals surface area contributed by atoms with Gasteiger partial charge in [0, 0.05) is 29.2 Å². The molecule has 0 N–H and O–H groups in total. The van der Waals surface area contributed by atoms with E-state index in [4.69, 9.17) is 4.74 Å². The van der Waals surface area contributed by atoms with E-state index in [-0.39, 0.29) is 5.82 Å². The smallest absolute Gasteiger partial charge is 0.152 e. The third-order valence-corrected chi connectivity index (χ3v) is 4.14. The number of nitrogens with zero attached hydrogens (tertiary/aromatic N) is 1. The van der Waals surface area contributed by atoms with E-state index in [1.807, 2.05) is 16.7 Å². The number of rotatable bonds is 7. The van der Waals surface area contributed by atoms with E-state index >= 15 is 0 Å². The van der Waals surface area contributed by atoms with Crippen LogP contribution >= 0.6 is 0 Å². The largest absolute Gasteiger partial charge is 0.494 e. The van der Waals surface area contributed by atoms with Crippen molar-refractivity contribution < 1.29 is 13.9 Å². The van der Waals surface area contributed by atoms with Gasteiger partial charge in [-0.3, -0.25) is 4.79 Å². The van der Waals surface area contributed by atoms with Crippen LogP contribution in [0.4, 0.5) is 4.39 Å². The van der Waals surface area contributed by atoms with Crippen LogP contribution in [0.2, 0.25) is 0 Å². The van der Waals surface area contributed by atoms with Crippen LogP contribution in [0.5, 0.6) is 5.75 Å². The van der Waals surface area contributed by atoms with Crippen molar-refractivity contribution in [2.45, 2.75) is 26.3 Å². The molecule has 1 heterocycles. The van der Waals surface area contributed by atoms with E-state index in [0.29, 0.717) is 24.1 Å². The molecule has 1 aromatic heterocycles. The van der Waals surface area contributed by atoms with E-state index in [2.05, 4.69) is 19.1 Å². The summed E-state index contributed by atoms with van der Waals surface area (Å²) >= 11 is 0. The number of carbonyl (C=O) groups excluding carboxylic acids is 1. The van der Waals surface area contributed by atoms with Gasteiger partial charge in [0.25, 0.3) is 0 Å². The Hall–Kier alpha value is -2.62. The van der Waals surface area contributed by atoms with Gasteiger partial charge in [-0.2, -0.15) is 0 Å². The lowest BCUT2D eigenvalue weighted by molar-refractivity contribution is 0.112. The summed E-state index contributed by atoms with van der Waals surface area (Å²) in [4.78, 5) is 11.2. The maximum atomic E-state index is 13.4. The minimum atomic E-state index is -0.331. The molecule has 0 aliphatic heterocycles. The first kappa shape index (κ1) is 16.2. The summed E-state index contributed by atoms with van der Waals surface area (Å²) in [6.07, 6.45) is 4.35. The van der Waals surface area contributed by atoms with Crippen LogP contribution in [0.15, 0.2) is 48.7 Å². The Labute approximate surface area is 140 Å². The minimum Gasteiger partial charge on any atom is -0.494 e. The third kappa shape index (κ3) is 3.48. The Kier molecular flexibility index (Phi) is 4.94. The predicted octanol–water partition coefficient (Wildman–Crippen LogP) is 4.62. The Bertz CT molecular complexity index is 837. The van der Waals surface area contributed by atoms with Crippen LogP contribution in [0, 0.1) is 5.82 Å².